The van der Waals surface area contributed by atoms with E-state index in [4.69, 9.17) is 25.6 Å². The fourth-order valence-corrected chi connectivity index (χ4v) is 4.24. The maximum atomic E-state index is 12.8. The molecule has 0 bridgehead atoms. The van der Waals surface area contributed by atoms with Gasteiger partial charge in [-0.2, -0.15) is 4.98 Å². The number of hydrogen-bond acceptors (Lipinski definition) is 7. The second kappa shape index (κ2) is 9.18. The first-order chi connectivity index (χ1) is 15.6. The standard InChI is InChI=1S/C23H23ClN4O4/c24-18-5-1-3-16(10-18)22-26-21(32-27-22)13-28-8-2-4-17(12-28)23(29)25-11-15-6-7-19-20(9-15)31-14-30-19/h1,3,5-7,9-10,17H,2,4,8,11-14H2,(H,25,29). The number of benzene rings is 2. The molecule has 2 aromatic carbocycles. The van der Waals surface area contributed by atoms with Crippen LogP contribution < -0.4 is 14.8 Å². The van der Waals surface area contributed by atoms with Gasteiger partial charge in [-0.3, -0.25) is 9.69 Å². The molecule has 2 aliphatic heterocycles. The van der Waals surface area contributed by atoms with Crippen LogP contribution in [0.1, 0.15) is 24.3 Å². The minimum absolute atomic E-state index is 0.0533. The highest BCUT2D eigenvalue weighted by atomic mass is 35.5. The van der Waals surface area contributed by atoms with Gasteiger partial charge in [-0.1, -0.05) is 35.0 Å². The van der Waals surface area contributed by atoms with Crippen LogP contribution in [0, 0.1) is 5.92 Å². The average Bonchev–Trinajstić information content (AvgIpc) is 3.47. The highest BCUT2D eigenvalue weighted by Crippen LogP contribution is 2.32. The molecular formula is C23H23ClN4O4. The summed E-state index contributed by atoms with van der Waals surface area (Å²) >= 11 is 6.05. The zero-order valence-electron chi connectivity index (χ0n) is 17.4. The lowest BCUT2D eigenvalue weighted by molar-refractivity contribution is -0.127. The second-order valence-corrected chi connectivity index (χ2v) is 8.44. The minimum atomic E-state index is -0.0758. The van der Waals surface area contributed by atoms with Gasteiger partial charge >= 0.3 is 0 Å². The van der Waals surface area contributed by atoms with Crippen molar-refractivity contribution in [3.63, 3.8) is 0 Å². The van der Waals surface area contributed by atoms with E-state index in [-0.39, 0.29) is 18.6 Å². The molecule has 1 unspecified atom stereocenters. The summed E-state index contributed by atoms with van der Waals surface area (Å²) in [6, 6.07) is 13.1. The Morgan fingerprint density at radius 3 is 3.00 bits per heavy atom. The lowest BCUT2D eigenvalue weighted by Gasteiger charge is -2.30. The van der Waals surface area contributed by atoms with Gasteiger partial charge in [0, 0.05) is 23.7 Å². The van der Waals surface area contributed by atoms with E-state index in [0.717, 1.165) is 42.0 Å². The number of fused-ring (bicyclic) bond motifs is 1. The Morgan fingerprint density at radius 1 is 1.19 bits per heavy atom. The topological polar surface area (TPSA) is 89.7 Å². The Labute approximate surface area is 190 Å². The van der Waals surface area contributed by atoms with Gasteiger partial charge in [-0.25, -0.2) is 0 Å². The van der Waals surface area contributed by atoms with Gasteiger partial charge in [-0.05, 0) is 49.2 Å². The summed E-state index contributed by atoms with van der Waals surface area (Å²) in [6.07, 6.45) is 1.80. The van der Waals surface area contributed by atoms with Crippen molar-refractivity contribution in [2.75, 3.05) is 19.9 Å². The molecule has 1 amide bonds. The van der Waals surface area contributed by atoms with Crippen LogP contribution in [0.15, 0.2) is 47.0 Å². The largest absolute Gasteiger partial charge is 0.454 e. The van der Waals surface area contributed by atoms with E-state index in [1.54, 1.807) is 12.1 Å². The molecule has 32 heavy (non-hydrogen) atoms. The third-order valence-corrected chi connectivity index (χ3v) is 5.92. The molecule has 2 aliphatic rings. The lowest BCUT2D eigenvalue weighted by Crippen LogP contribution is -2.42. The van der Waals surface area contributed by atoms with Crippen LogP contribution in [0.2, 0.25) is 5.02 Å². The highest BCUT2D eigenvalue weighted by Gasteiger charge is 2.27. The van der Waals surface area contributed by atoms with Gasteiger partial charge in [0.15, 0.2) is 11.5 Å². The zero-order valence-corrected chi connectivity index (χ0v) is 18.2. The lowest BCUT2D eigenvalue weighted by atomic mass is 9.97. The SMILES string of the molecule is O=C(NCc1ccc2c(c1)OCO2)C1CCCN(Cc2nc(-c3cccc(Cl)c3)no2)C1. The molecule has 1 saturated heterocycles. The number of halogens is 1. The van der Waals surface area contributed by atoms with E-state index in [1.807, 2.05) is 30.3 Å². The van der Waals surface area contributed by atoms with Crippen LogP contribution in [0.4, 0.5) is 0 Å². The molecule has 9 heteroatoms. The van der Waals surface area contributed by atoms with Crippen LogP contribution in [-0.2, 0) is 17.9 Å². The quantitative estimate of drug-likeness (QED) is 0.608. The molecule has 3 aromatic rings. The van der Waals surface area contributed by atoms with Crippen molar-refractivity contribution < 1.29 is 18.8 Å². The van der Waals surface area contributed by atoms with Crippen LogP contribution in [0.25, 0.3) is 11.4 Å². The molecule has 1 N–H and O–H groups in total. The van der Waals surface area contributed by atoms with Crippen molar-refractivity contribution in [3.8, 4) is 22.9 Å². The fraction of sp³-hybridized carbons (Fsp3) is 0.348. The predicted octanol–water partition coefficient (Wildman–Crippen LogP) is 3.65. The third kappa shape index (κ3) is 4.71. The van der Waals surface area contributed by atoms with Crippen molar-refractivity contribution in [2.24, 2.45) is 5.92 Å². The smallest absolute Gasteiger partial charge is 0.241 e. The van der Waals surface area contributed by atoms with Gasteiger partial charge in [0.25, 0.3) is 0 Å². The molecule has 1 aromatic heterocycles. The summed E-state index contributed by atoms with van der Waals surface area (Å²) in [5.41, 5.74) is 1.79. The highest BCUT2D eigenvalue weighted by molar-refractivity contribution is 6.30. The van der Waals surface area contributed by atoms with Crippen LogP contribution in [0.5, 0.6) is 11.5 Å². The van der Waals surface area contributed by atoms with Crippen molar-refractivity contribution in [1.29, 1.82) is 0 Å². The number of nitrogens with zero attached hydrogens (tertiary/aromatic N) is 3. The summed E-state index contributed by atoms with van der Waals surface area (Å²) in [5, 5.41) is 7.74. The number of carbonyl (C=O) groups excluding carboxylic acids is 1. The van der Waals surface area contributed by atoms with Crippen molar-refractivity contribution in [3.05, 3.63) is 58.9 Å². The van der Waals surface area contributed by atoms with Crippen molar-refractivity contribution in [2.45, 2.75) is 25.9 Å². The molecule has 3 heterocycles. The fourth-order valence-electron chi connectivity index (χ4n) is 4.05. The Kier molecular flexibility index (Phi) is 5.96. The number of amides is 1. The van der Waals surface area contributed by atoms with Gasteiger partial charge in [0.1, 0.15) is 0 Å². The first-order valence-corrected chi connectivity index (χ1v) is 11.0. The predicted molar refractivity (Wildman–Crippen MR) is 117 cm³/mol. The molecule has 0 saturated carbocycles. The molecule has 8 nitrogen and oxygen atoms in total. The van der Waals surface area contributed by atoms with Crippen molar-refractivity contribution >= 4 is 17.5 Å². The monoisotopic (exact) mass is 454 g/mol. The molecular weight excluding hydrogens is 432 g/mol. The zero-order chi connectivity index (χ0) is 21.9. The van der Waals surface area contributed by atoms with E-state index in [9.17, 15) is 4.79 Å². The Balaban J connectivity index is 1.15. The number of ether oxygens (including phenoxy) is 2. The summed E-state index contributed by atoms with van der Waals surface area (Å²) < 4.78 is 16.2. The van der Waals surface area contributed by atoms with E-state index in [1.165, 1.54) is 0 Å². The number of carbonyl (C=O) groups is 1. The molecule has 5 rings (SSSR count). The van der Waals surface area contributed by atoms with E-state index >= 15 is 0 Å². The third-order valence-electron chi connectivity index (χ3n) is 5.69. The number of piperidine rings is 1. The Morgan fingerprint density at radius 2 is 2.09 bits per heavy atom. The van der Waals surface area contributed by atoms with E-state index < -0.39 is 0 Å². The number of likely N-dealkylation sites (tertiary alicyclic amines) is 1. The van der Waals surface area contributed by atoms with E-state index in [2.05, 4.69) is 20.4 Å². The normalized spacial score (nSPS) is 18.0. The minimum Gasteiger partial charge on any atom is -0.454 e. The number of rotatable bonds is 6. The molecule has 0 radical (unpaired) electrons. The maximum absolute atomic E-state index is 12.8. The van der Waals surface area contributed by atoms with Crippen LogP contribution >= 0.6 is 11.6 Å². The van der Waals surface area contributed by atoms with Crippen molar-refractivity contribution in [1.82, 2.24) is 20.4 Å². The molecule has 166 valence electrons. The van der Waals surface area contributed by atoms with Crippen LogP contribution in [-0.4, -0.2) is 40.8 Å². The number of aromatic nitrogens is 2. The summed E-state index contributed by atoms with van der Waals surface area (Å²) in [7, 11) is 0. The summed E-state index contributed by atoms with van der Waals surface area (Å²) in [6.45, 7) is 2.75. The Bertz CT molecular complexity index is 1120. The Hall–Kier alpha value is -3.10. The van der Waals surface area contributed by atoms with Crippen LogP contribution in [0.3, 0.4) is 0 Å². The average molecular weight is 455 g/mol. The molecule has 1 fully saturated rings. The molecule has 0 aliphatic carbocycles. The van der Waals surface area contributed by atoms with Gasteiger partial charge in [0.2, 0.25) is 24.4 Å². The van der Waals surface area contributed by atoms with Gasteiger partial charge < -0.3 is 19.3 Å². The number of hydrogen-bond donors (Lipinski definition) is 1. The van der Waals surface area contributed by atoms with Gasteiger partial charge in [-0.15, -0.1) is 0 Å². The first-order valence-electron chi connectivity index (χ1n) is 10.6. The summed E-state index contributed by atoms with van der Waals surface area (Å²) in [5.74, 6) is 2.48. The molecule has 0 spiro atoms. The van der Waals surface area contributed by atoms with E-state index in [0.29, 0.717) is 36.4 Å². The maximum Gasteiger partial charge on any atom is 0.241 e. The van der Waals surface area contributed by atoms with Gasteiger partial charge in [0.05, 0.1) is 12.5 Å². The summed E-state index contributed by atoms with van der Waals surface area (Å²) in [4.78, 5) is 19.4. The second-order valence-electron chi connectivity index (χ2n) is 8.00. The first kappa shape index (κ1) is 20.8. The number of nitrogens with one attached hydrogen (secondary N) is 1. The molecule has 1 atom stereocenters.